The number of aromatic amines is 1. The molecule has 0 amide bonds. The molecule has 0 radical (unpaired) electrons. The molecule has 2 rings (SSSR count). The van der Waals surface area contributed by atoms with Crippen LogP contribution in [0.25, 0.3) is 11.0 Å². The number of allylic oxidation sites excluding steroid dienone is 2. The number of fused-ring (bicyclic) bond motifs is 1. The Morgan fingerprint density at radius 1 is 1.30 bits per heavy atom. The fourth-order valence-corrected chi connectivity index (χ4v) is 1.81. The Labute approximate surface area is 131 Å². The van der Waals surface area contributed by atoms with Gasteiger partial charge in [0.2, 0.25) is 5.82 Å². The lowest BCUT2D eigenvalue weighted by molar-refractivity contribution is 0.0514. The highest BCUT2D eigenvalue weighted by molar-refractivity contribution is 5.91. The van der Waals surface area contributed by atoms with E-state index in [9.17, 15) is 4.79 Å². The molecule has 2 aromatic rings. The van der Waals surface area contributed by atoms with E-state index in [4.69, 9.17) is 20.5 Å². The Kier molecular flexibility index (Phi) is 4.57. The largest absolute Gasteiger partial charge is 0.460 e. The lowest BCUT2D eigenvalue weighted by Gasteiger charge is -2.03. The second-order valence-electron chi connectivity index (χ2n) is 4.25. The van der Waals surface area contributed by atoms with Crippen LogP contribution in [0.1, 0.15) is 17.5 Å². The zero-order chi connectivity index (χ0) is 16.8. The minimum absolute atomic E-state index is 0.0739. The van der Waals surface area contributed by atoms with Crippen LogP contribution in [0.5, 0.6) is 0 Å². The first-order valence-electron chi connectivity index (χ1n) is 6.51. The monoisotopic (exact) mass is 306 g/mol. The quantitative estimate of drug-likeness (QED) is 0.650. The standard InChI is InChI=1S/C15H10N6O2/c1-2-23-15(22)14-20-11-4-3-10(5-12(11)21-14)19-13(8-18)9(6-16)7-17/h3-5,19H,2H2,1H3,(H,20,21). The summed E-state index contributed by atoms with van der Waals surface area (Å²) in [5, 5.41) is 29.3. The van der Waals surface area contributed by atoms with Gasteiger partial charge in [0.05, 0.1) is 17.6 Å². The van der Waals surface area contributed by atoms with Gasteiger partial charge in [0.15, 0.2) is 5.57 Å². The van der Waals surface area contributed by atoms with Gasteiger partial charge in [-0.15, -0.1) is 0 Å². The molecular weight excluding hydrogens is 296 g/mol. The molecule has 0 saturated heterocycles. The van der Waals surface area contributed by atoms with Crippen molar-refractivity contribution in [3.05, 3.63) is 35.3 Å². The highest BCUT2D eigenvalue weighted by Crippen LogP contribution is 2.19. The molecule has 2 N–H and O–H groups in total. The zero-order valence-corrected chi connectivity index (χ0v) is 12.0. The van der Waals surface area contributed by atoms with Gasteiger partial charge in [-0.1, -0.05) is 0 Å². The summed E-state index contributed by atoms with van der Waals surface area (Å²) in [5.74, 6) is -0.489. The van der Waals surface area contributed by atoms with Crippen LogP contribution in [0.4, 0.5) is 5.69 Å². The number of imidazole rings is 1. The van der Waals surface area contributed by atoms with Crippen molar-refractivity contribution in [3.8, 4) is 18.2 Å². The predicted molar refractivity (Wildman–Crippen MR) is 79.5 cm³/mol. The number of carbonyl (C=O) groups excluding carboxylic acids is 1. The molecular formula is C15H10N6O2. The van der Waals surface area contributed by atoms with Gasteiger partial charge in [0.1, 0.15) is 23.9 Å². The number of rotatable bonds is 4. The topological polar surface area (TPSA) is 138 Å². The van der Waals surface area contributed by atoms with Crippen molar-refractivity contribution in [1.29, 1.82) is 15.8 Å². The molecule has 1 aromatic heterocycles. The van der Waals surface area contributed by atoms with Crippen LogP contribution in [0.15, 0.2) is 29.5 Å². The maximum absolute atomic E-state index is 11.6. The van der Waals surface area contributed by atoms with Crippen molar-refractivity contribution in [2.24, 2.45) is 0 Å². The van der Waals surface area contributed by atoms with Crippen LogP contribution in [0.2, 0.25) is 0 Å². The van der Waals surface area contributed by atoms with Gasteiger partial charge in [-0.3, -0.25) is 0 Å². The number of nitriles is 3. The molecule has 0 fully saturated rings. The highest BCUT2D eigenvalue weighted by atomic mass is 16.5. The predicted octanol–water partition coefficient (Wildman–Crippen LogP) is 1.98. The number of ether oxygens (including phenoxy) is 1. The average Bonchev–Trinajstić information content (AvgIpc) is 2.98. The molecule has 112 valence electrons. The van der Waals surface area contributed by atoms with Crippen molar-refractivity contribution in [3.63, 3.8) is 0 Å². The molecule has 1 aromatic carbocycles. The number of H-pyrrole nitrogens is 1. The van der Waals surface area contributed by atoms with E-state index in [1.807, 2.05) is 0 Å². The van der Waals surface area contributed by atoms with E-state index in [1.165, 1.54) is 0 Å². The first-order valence-corrected chi connectivity index (χ1v) is 6.51. The molecule has 1 heterocycles. The minimum Gasteiger partial charge on any atom is -0.460 e. The molecule has 0 bridgehead atoms. The average molecular weight is 306 g/mol. The first-order chi connectivity index (χ1) is 11.1. The van der Waals surface area contributed by atoms with Gasteiger partial charge in [-0.2, -0.15) is 15.8 Å². The third-order valence-electron chi connectivity index (χ3n) is 2.81. The number of aromatic nitrogens is 2. The molecule has 0 saturated carbocycles. The zero-order valence-electron chi connectivity index (χ0n) is 12.0. The molecule has 0 unspecified atom stereocenters. The molecule has 8 nitrogen and oxygen atoms in total. The third-order valence-corrected chi connectivity index (χ3v) is 2.81. The van der Waals surface area contributed by atoms with Crippen LogP contribution < -0.4 is 5.32 Å². The molecule has 8 heteroatoms. The Balaban J connectivity index is 2.37. The van der Waals surface area contributed by atoms with E-state index >= 15 is 0 Å². The van der Waals surface area contributed by atoms with Crippen LogP contribution >= 0.6 is 0 Å². The van der Waals surface area contributed by atoms with E-state index in [2.05, 4.69) is 15.3 Å². The molecule has 0 aliphatic rings. The summed E-state index contributed by atoms with van der Waals surface area (Å²) in [6.45, 7) is 1.93. The van der Waals surface area contributed by atoms with Crippen molar-refractivity contribution in [2.45, 2.75) is 6.92 Å². The number of nitrogens with zero attached hydrogens (tertiary/aromatic N) is 4. The van der Waals surface area contributed by atoms with Crippen molar-refractivity contribution in [1.82, 2.24) is 9.97 Å². The Hall–Kier alpha value is -3.83. The summed E-state index contributed by atoms with van der Waals surface area (Å²) in [7, 11) is 0. The second-order valence-corrected chi connectivity index (χ2v) is 4.25. The molecule has 0 aliphatic carbocycles. The Morgan fingerprint density at radius 2 is 2.04 bits per heavy atom. The first kappa shape index (κ1) is 15.6. The summed E-state index contributed by atoms with van der Waals surface area (Å²) >= 11 is 0. The van der Waals surface area contributed by atoms with E-state index in [0.29, 0.717) is 16.7 Å². The lowest BCUT2D eigenvalue weighted by atomic mass is 10.2. The smallest absolute Gasteiger partial charge is 0.374 e. The van der Waals surface area contributed by atoms with Crippen LogP contribution in [0.3, 0.4) is 0 Å². The normalized spacial score (nSPS) is 9.30. The number of esters is 1. The molecule has 0 atom stereocenters. The summed E-state index contributed by atoms with van der Waals surface area (Å²) in [5.41, 5.74) is 1.09. The Bertz CT molecular complexity index is 904. The van der Waals surface area contributed by atoms with E-state index < -0.39 is 5.97 Å². The van der Waals surface area contributed by atoms with Crippen molar-refractivity contribution in [2.75, 3.05) is 11.9 Å². The highest BCUT2D eigenvalue weighted by Gasteiger charge is 2.13. The molecule has 0 spiro atoms. The SMILES string of the molecule is CCOC(=O)c1nc2ccc(NC(C#N)=C(C#N)C#N)cc2[nH]1. The molecule has 0 aliphatic heterocycles. The molecule has 23 heavy (non-hydrogen) atoms. The fraction of sp³-hybridized carbons (Fsp3) is 0.133. The minimum atomic E-state index is -0.563. The van der Waals surface area contributed by atoms with Gasteiger partial charge in [-0.25, -0.2) is 9.78 Å². The number of carbonyl (C=O) groups is 1. The van der Waals surface area contributed by atoms with Crippen LogP contribution in [-0.2, 0) is 4.74 Å². The number of hydrogen-bond acceptors (Lipinski definition) is 7. The maximum atomic E-state index is 11.6. The summed E-state index contributed by atoms with van der Waals surface area (Å²) in [4.78, 5) is 18.6. The maximum Gasteiger partial charge on any atom is 0.374 e. The summed E-state index contributed by atoms with van der Waals surface area (Å²) in [6.07, 6.45) is 0. The van der Waals surface area contributed by atoms with E-state index in [0.717, 1.165) is 0 Å². The third kappa shape index (κ3) is 3.26. The van der Waals surface area contributed by atoms with Gasteiger partial charge in [0.25, 0.3) is 0 Å². The van der Waals surface area contributed by atoms with Crippen molar-refractivity contribution < 1.29 is 9.53 Å². The van der Waals surface area contributed by atoms with Gasteiger partial charge >= 0.3 is 5.97 Å². The van der Waals surface area contributed by atoms with Gasteiger partial charge < -0.3 is 15.0 Å². The number of anilines is 1. The van der Waals surface area contributed by atoms with Crippen molar-refractivity contribution >= 4 is 22.7 Å². The van der Waals surface area contributed by atoms with Crippen LogP contribution in [0, 0.1) is 34.0 Å². The van der Waals surface area contributed by atoms with Gasteiger partial charge in [0, 0.05) is 5.69 Å². The lowest BCUT2D eigenvalue weighted by Crippen LogP contribution is -2.06. The van der Waals surface area contributed by atoms with Gasteiger partial charge in [-0.05, 0) is 25.1 Å². The summed E-state index contributed by atoms with van der Waals surface area (Å²) < 4.78 is 4.86. The number of benzene rings is 1. The van der Waals surface area contributed by atoms with Crippen LogP contribution in [-0.4, -0.2) is 22.5 Å². The van der Waals surface area contributed by atoms with E-state index in [-0.39, 0.29) is 23.7 Å². The second kappa shape index (κ2) is 6.75. The Morgan fingerprint density at radius 3 is 2.65 bits per heavy atom. The number of nitrogens with one attached hydrogen (secondary N) is 2. The fourth-order valence-electron chi connectivity index (χ4n) is 1.81. The summed E-state index contributed by atoms with van der Waals surface area (Å²) in [6, 6.07) is 9.90. The number of hydrogen-bond donors (Lipinski definition) is 2. The van der Waals surface area contributed by atoms with E-state index in [1.54, 1.807) is 43.3 Å².